The van der Waals surface area contributed by atoms with Crippen molar-refractivity contribution in [3.05, 3.63) is 70.9 Å². The van der Waals surface area contributed by atoms with Crippen molar-refractivity contribution in [3.63, 3.8) is 0 Å². The van der Waals surface area contributed by atoms with Crippen LogP contribution in [-0.2, 0) is 9.53 Å². The summed E-state index contributed by atoms with van der Waals surface area (Å²) in [5.41, 5.74) is 2.22. The minimum absolute atomic E-state index is 0.221. The maximum Gasteiger partial charge on any atom is 0.305 e. The molecule has 1 atom stereocenters. The lowest BCUT2D eigenvalue weighted by Crippen LogP contribution is -2.29. The Bertz CT molecular complexity index is 921. The van der Waals surface area contributed by atoms with Gasteiger partial charge in [-0.3, -0.25) is 9.59 Å². The number of rotatable bonds is 6. The monoisotopic (exact) mass is 370 g/mol. The Morgan fingerprint density at radius 1 is 1.15 bits per heavy atom. The van der Waals surface area contributed by atoms with Crippen molar-refractivity contribution in [2.45, 2.75) is 18.9 Å². The van der Waals surface area contributed by atoms with Crippen molar-refractivity contribution in [3.8, 4) is 0 Å². The van der Waals surface area contributed by atoms with Crippen LogP contribution in [0.25, 0.3) is 10.9 Å². The summed E-state index contributed by atoms with van der Waals surface area (Å²) in [4.78, 5) is 27.3. The molecule has 0 aliphatic heterocycles. The first-order chi connectivity index (χ1) is 12.6. The lowest BCUT2D eigenvalue weighted by Gasteiger charge is -2.18. The van der Waals surface area contributed by atoms with Crippen LogP contribution < -0.4 is 5.32 Å². The highest BCUT2D eigenvalue weighted by molar-refractivity contribution is 6.31. The molecule has 3 aromatic rings. The third-order valence-corrected chi connectivity index (χ3v) is 4.43. The first-order valence-electron chi connectivity index (χ1n) is 8.27. The zero-order chi connectivity index (χ0) is 18.5. The minimum atomic E-state index is -0.305. The molecule has 1 aromatic heterocycles. The molecule has 3 rings (SSSR count). The number of methoxy groups -OCH3 is 1. The number of aromatic nitrogens is 1. The lowest BCUT2D eigenvalue weighted by molar-refractivity contribution is -0.140. The molecule has 1 heterocycles. The molecule has 0 bridgehead atoms. The summed E-state index contributed by atoms with van der Waals surface area (Å²) in [5, 5.41) is 4.48. The molecule has 134 valence electrons. The summed E-state index contributed by atoms with van der Waals surface area (Å²) in [6, 6.07) is 16.4. The van der Waals surface area contributed by atoms with Gasteiger partial charge in [0.1, 0.15) is 5.69 Å². The second kappa shape index (κ2) is 8.06. The van der Waals surface area contributed by atoms with Crippen molar-refractivity contribution in [1.82, 2.24) is 10.3 Å². The molecule has 0 radical (unpaired) electrons. The van der Waals surface area contributed by atoms with Crippen LogP contribution in [0.4, 0.5) is 0 Å². The van der Waals surface area contributed by atoms with E-state index in [1.165, 1.54) is 7.11 Å². The van der Waals surface area contributed by atoms with Crippen LogP contribution in [0.3, 0.4) is 0 Å². The second-order valence-corrected chi connectivity index (χ2v) is 6.40. The number of benzene rings is 2. The summed E-state index contributed by atoms with van der Waals surface area (Å²) >= 11 is 6.00. The number of hydrogen-bond acceptors (Lipinski definition) is 3. The molecule has 0 saturated carbocycles. The molecule has 6 heteroatoms. The molecular weight excluding hydrogens is 352 g/mol. The normalized spacial score (nSPS) is 11.9. The van der Waals surface area contributed by atoms with E-state index in [1.54, 1.807) is 18.2 Å². The quantitative estimate of drug-likeness (QED) is 0.637. The summed E-state index contributed by atoms with van der Waals surface area (Å²) in [6.07, 6.45) is 0.674. The molecule has 1 amide bonds. The topological polar surface area (TPSA) is 71.2 Å². The number of ether oxygens (including phenoxy) is 1. The minimum Gasteiger partial charge on any atom is -0.469 e. The van der Waals surface area contributed by atoms with E-state index in [0.717, 1.165) is 16.5 Å². The van der Waals surface area contributed by atoms with E-state index in [-0.39, 0.29) is 24.3 Å². The number of hydrogen-bond donors (Lipinski definition) is 2. The van der Waals surface area contributed by atoms with Gasteiger partial charge in [-0.05, 0) is 36.2 Å². The Balaban J connectivity index is 1.80. The van der Waals surface area contributed by atoms with Crippen LogP contribution in [0.15, 0.2) is 54.6 Å². The smallest absolute Gasteiger partial charge is 0.305 e. The van der Waals surface area contributed by atoms with Gasteiger partial charge in [0.05, 0.1) is 13.2 Å². The van der Waals surface area contributed by atoms with E-state index >= 15 is 0 Å². The van der Waals surface area contributed by atoms with Crippen LogP contribution in [0, 0.1) is 0 Å². The van der Waals surface area contributed by atoms with E-state index in [1.807, 2.05) is 36.4 Å². The van der Waals surface area contributed by atoms with Crippen LogP contribution in [0.1, 0.15) is 34.9 Å². The molecule has 0 aliphatic carbocycles. The van der Waals surface area contributed by atoms with Gasteiger partial charge in [-0.1, -0.05) is 41.9 Å². The molecule has 2 N–H and O–H groups in total. The Hall–Kier alpha value is -2.79. The molecule has 0 saturated heterocycles. The number of H-pyrrole nitrogens is 1. The maximum atomic E-state index is 12.7. The van der Waals surface area contributed by atoms with Crippen molar-refractivity contribution in [1.29, 1.82) is 0 Å². The van der Waals surface area contributed by atoms with Gasteiger partial charge in [-0.15, -0.1) is 0 Å². The van der Waals surface area contributed by atoms with Gasteiger partial charge in [0.15, 0.2) is 0 Å². The fourth-order valence-electron chi connectivity index (χ4n) is 2.83. The molecule has 0 aliphatic rings. The molecule has 0 spiro atoms. The maximum absolute atomic E-state index is 12.7. The zero-order valence-electron chi connectivity index (χ0n) is 14.3. The summed E-state index contributed by atoms with van der Waals surface area (Å²) in [7, 11) is 1.36. The highest BCUT2D eigenvalue weighted by Gasteiger charge is 2.18. The van der Waals surface area contributed by atoms with Gasteiger partial charge in [0.2, 0.25) is 0 Å². The number of nitrogens with one attached hydrogen (secondary N) is 2. The van der Waals surface area contributed by atoms with Crippen LogP contribution in [0.5, 0.6) is 0 Å². The second-order valence-electron chi connectivity index (χ2n) is 5.97. The van der Waals surface area contributed by atoms with Gasteiger partial charge < -0.3 is 15.0 Å². The Kier molecular flexibility index (Phi) is 5.58. The number of halogens is 1. The summed E-state index contributed by atoms with van der Waals surface area (Å²) in [6.45, 7) is 0. The Labute approximate surface area is 156 Å². The van der Waals surface area contributed by atoms with E-state index in [0.29, 0.717) is 17.1 Å². The molecule has 2 aromatic carbocycles. The number of carbonyl (C=O) groups is 2. The van der Waals surface area contributed by atoms with E-state index in [4.69, 9.17) is 16.3 Å². The van der Waals surface area contributed by atoms with E-state index in [9.17, 15) is 9.59 Å². The number of aromatic amines is 1. The molecule has 26 heavy (non-hydrogen) atoms. The van der Waals surface area contributed by atoms with E-state index < -0.39 is 0 Å². The Morgan fingerprint density at radius 2 is 1.92 bits per heavy atom. The van der Waals surface area contributed by atoms with Crippen LogP contribution in [-0.4, -0.2) is 24.0 Å². The van der Waals surface area contributed by atoms with Gasteiger partial charge >= 0.3 is 5.97 Å². The highest BCUT2D eigenvalue weighted by atomic mass is 35.5. The third-order valence-electron chi connectivity index (χ3n) is 4.20. The Morgan fingerprint density at radius 3 is 2.65 bits per heavy atom. The molecule has 0 fully saturated rings. The van der Waals surface area contributed by atoms with Crippen molar-refractivity contribution < 1.29 is 14.3 Å². The van der Waals surface area contributed by atoms with Gasteiger partial charge in [0, 0.05) is 22.3 Å². The SMILES string of the molecule is COC(=O)CCC(NC(=O)c1cc2cc(Cl)ccc2[nH]1)c1ccccc1. The van der Waals surface area contributed by atoms with Gasteiger partial charge in [-0.25, -0.2) is 0 Å². The van der Waals surface area contributed by atoms with Crippen LogP contribution >= 0.6 is 11.6 Å². The average molecular weight is 371 g/mol. The number of amides is 1. The van der Waals surface area contributed by atoms with Gasteiger partial charge in [0.25, 0.3) is 5.91 Å². The summed E-state index contributed by atoms with van der Waals surface area (Å²) < 4.78 is 4.71. The largest absolute Gasteiger partial charge is 0.469 e. The first kappa shape index (κ1) is 18.0. The molecule has 5 nitrogen and oxygen atoms in total. The fourth-order valence-corrected chi connectivity index (χ4v) is 3.01. The van der Waals surface area contributed by atoms with E-state index in [2.05, 4.69) is 10.3 Å². The zero-order valence-corrected chi connectivity index (χ0v) is 15.0. The molecular formula is C20H19ClN2O3. The molecule has 1 unspecified atom stereocenters. The first-order valence-corrected chi connectivity index (χ1v) is 8.65. The third kappa shape index (κ3) is 4.24. The number of carbonyl (C=O) groups excluding carboxylic acids is 2. The lowest BCUT2D eigenvalue weighted by atomic mass is 10.0. The number of esters is 1. The van der Waals surface area contributed by atoms with Crippen molar-refractivity contribution in [2.24, 2.45) is 0 Å². The van der Waals surface area contributed by atoms with Crippen LogP contribution in [0.2, 0.25) is 5.02 Å². The van der Waals surface area contributed by atoms with Gasteiger partial charge in [-0.2, -0.15) is 0 Å². The average Bonchev–Trinajstić information content (AvgIpc) is 3.08. The van der Waals surface area contributed by atoms with Crippen molar-refractivity contribution in [2.75, 3.05) is 7.11 Å². The highest BCUT2D eigenvalue weighted by Crippen LogP contribution is 2.22. The fraction of sp³-hybridized carbons (Fsp3) is 0.200. The number of fused-ring (bicyclic) bond motifs is 1. The standard InChI is InChI=1S/C20H19ClN2O3/c1-26-19(24)10-9-16(13-5-3-2-4-6-13)23-20(25)18-12-14-11-15(21)7-8-17(14)22-18/h2-8,11-12,16,22H,9-10H2,1H3,(H,23,25). The van der Waals surface area contributed by atoms with Crippen molar-refractivity contribution >= 4 is 34.4 Å². The predicted molar refractivity (Wildman–Crippen MR) is 101 cm³/mol. The predicted octanol–water partition coefficient (Wildman–Crippen LogP) is 4.25. The summed E-state index contributed by atoms with van der Waals surface area (Å²) in [5.74, 6) is -0.545.